The molecule has 0 aliphatic carbocycles. The Hall–Kier alpha value is -2.05. The Morgan fingerprint density at radius 3 is 2.30 bits per heavy atom. The van der Waals surface area contributed by atoms with Gasteiger partial charge in [-0.2, -0.15) is 5.10 Å². The molecule has 0 bridgehead atoms. The summed E-state index contributed by atoms with van der Waals surface area (Å²) < 4.78 is 0. The maximum absolute atomic E-state index is 12.2. The summed E-state index contributed by atoms with van der Waals surface area (Å²) in [5, 5.41) is 6.42. The smallest absolute Gasteiger partial charge is 0.320 e. The zero-order valence-corrected chi connectivity index (χ0v) is 12.0. The Labute approximate surface area is 118 Å². The number of hydrogen-bond acceptors (Lipinski definition) is 3. The van der Waals surface area contributed by atoms with Crippen LogP contribution in [0, 0.1) is 0 Å². The zero-order valence-electron chi connectivity index (χ0n) is 12.0. The minimum Gasteiger partial charge on any atom is -0.335 e. The van der Waals surface area contributed by atoms with E-state index in [1.165, 1.54) is 6.20 Å². The number of hydrogen-bond donors (Lipinski definition) is 1. The highest BCUT2D eigenvalue weighted by Crippen LogP contribution is 2.09. The fraction of sp³-hybridized carbons (Fsp3) is 0.615. The quantitative estimate of drug-likeness (QED) is 0.882. The molecule has 110 valence electrons. The molecule has 0 spiro atoms. The molecule has 1 fully saturated rings. The predicted octanol–water partition coefficient (Wildman–Crippen LogP) is 0.629. The van der Waals surface area contributed by atoms with Crippen LogP contribution >= 0.6 is 0 Å². The monoisotopic (exact) mass is 279 g/mol. The molecular weight excluding hydrogens is 258 g/mol. The van der Waals surface area contributed by atoms with Gasteiger partial charge in [-0.15, -0.1) is 0 Å². The third kappa shape index (κ3) is 2.92. The number of rotatable bonds is 3. The summed E-state index contributed by atoms with van der Waals surface area (Å²) in [6, 6.07) is 0.0606. The number of amides is 3. The van der Waals surface area contributed by atoms with Crippen molar-refractivity contribution in [2.75, 3.05) is 39.3 Å². The Morgan fingerprint density at radius 1 is 1.20 bits per heavy atom. The number of urea groups is 1. The Balaban J connectivity index is 1.89. The van der Waals surface area contributed by atoms with Gasteiger partial charge in [0.1, 0.15) is 0 Å². The van der Waals surface area contributed by atoms with Crippen LogP contribution in [-0.4, -0.2) is 76.1 Å². The molecule has 1 aromatic heterocycles. The van der Waals surface area contributed by atoms with Gasteiger partial charge in [-0.3, -0.25) is 9.89 Å². The van der Waals surface area contributed by atoms with E-state index in [4.69, 9.17) is 0 Å². The normalized spacial score (nSPS) is 15.3. The fourth-order valence-corrected chi connectivity index (χ4v) is 2.35. The summed E-state index contributed by atoms with van der Waals surface area (Å²) in [6.45, 7) is 7.67. The van der Waals surface area contributed by atoms with E-state index >= 15 is 0 Å². The van der Waals surface area contributed by atoms with Crippen LogP contribution in [0.25, 0.3) is 0 Å². The van der Waals surface area contributed by atoms with E-state index in [0.717, 1.165) is 0 Å². The highest BCUT2D eigenvalue weighted by Gasteiger charge is 2.26. The summed E-state index contributed by atoms with van der Waals surface area (Å²) in [4.78, 5) is 29.7. The average molecular weight is 279 g/mol. The molecule has 20 heavy (non-hydrogen) atoms. The van der Waals surface area contributed by atoms with Crippen LogP contribution in [0.3, 0.4) is 0 Å². The number of carbonyl (C=O) groups excluding carboxylic acids is 2. The first-order valence-electron chi connectivity index (χ1n) is 6.99. The number of aromatic amines is 1. The van der Waals surface area contributed by atoms with Gasteiger partial charge in [-0.25, -0.2) is 4.79 Å². The molecule has 3 amide bonds. The van der Waals surface area contributed by atoms with E-state index in [2.05, 4.69) is 10.2 Å². The molecule has 1 aliphatic rings. The van der Waals surface area contributed by atoms with E-state index in [0.29, 0.717) is 44.8 Å². The molecule has 1 aromatic rings. The number of carbonyl (C=O) groups is 2. The Morgan fingerprint density at radius 2 is 1.80 bits per heavy atom. The van der Waals surface area contributed by atoms with Crippen LogP contribution in [0.4, 0.5) is 4.79 Å². The number of H-pyrrole nitrogens is 1. The standard InChI is InChI=1S/C13H21N5O2/c1-3-16(4-2)13(20)18-7-5-17(6-8-18)12(19)11-9-14-15-10-11/h9-10H,3-8H2,1-2H3,(H,14,15). The van der Waals surface area contributed by atoms with Gasteiger partial charge in [0.15, 0.2) is 0 Å². The van der Waals surface area contributed by atoms with E-state index < -0.39 is 0 Å². The van der Waals surface area contributed by atoms with Crippen LogP contribution in [0.2, 0.25) is 0 Å². The van der Waals surface area contributed by atoms with E-state index in [9.17, 15) is 9.59 Å². The third-order valence-corrected chi connectivity index (χ3v) is 3.62. The molecule has 0 saturated carbocycles. The average Bonchev–Trinajstić information content (AvgIpc) is 3.02. The van der Waals surface area contributed by atoms with Gasteiger partial charge < -0.3 is 14.7 Å². The molecule has 0 aromatic carbocycles. The lowest BCUT2D eigenvalue weighted by Gasteiger charge is -2.37. The highest BCUT2D eigenvalue weighted by molar-refractivity contribution is 5.93. The second-order valence-electron chi connectivity index (χ2n) is 4.72. The Kier molecular flexibility index (Phi) is 4.60. The largest absolute Gasteiger partial charge is 0.335 e. The molecule has 1 N–H and O–H groups in total. The van der Waals surface area contributed by atoms with Crippen molar-refractivity contribution in [3.05, 3.63) is 18.0 Å². The van der Waals surface area contributed by atoms with Crippen LogP contribution < -0.4 is 0 Å². The zero-order chi connectivity index (χ0) is 14.5. The van der Waals surface area contributed by atoms with Crippen LogP contribution in [0.5, 0.6) is 0 Å². The molecular formula is C13H21N5O2. The molecule has 2 heterocycles. The van der Waals surface area contributed by atoms with Gasteiger partial charge in [-0.1, -0.05) is 0 Å². The van der Waals surface area contributed by atoms with Gasteiger partial charge in [0.2, 0.25) is 0 Å². The van der Waals surface area contributed by atoms with Crippen molar-refractivity contribution in [1.29, 1.82) is 0 Å². The lowest BCUT2D eigenvalue weighted by molar-refractivity contribution is 0.0641. The first-order chi connectivity index (χ1) is 9.67. The number of nitrogens with one attached hydrogen (secondary N) is 1. The van der Waals surface area contributed by atoms with E-state index in [1.807, 2.05) is 18.7 Å². The molecule has 0 unspecified atom stereocenters. The Bertz CT molecular complexity index is 447. The van der Waals surface area contributed by atoms with Gasteiger partial charge in [-0.05, 0) is 13.8 Å². The molecule has 2 rings (SSSR count). The molecule has 0 radical (unpaired) electrons. The second-order valence-corrected chi connectivity index (χ2v) is 4.72. The van der Waals surface area contributed by atoms with Gasteiger partial charge in [0.05, 0.1) is 11.8 Å². The molecule has 0 atom stereocenters. The summed E-state index contributed by atoms with van der Waals surface area (Å²) in [7, 11) is 0. The van der Waals surface area contributed by atoms with Crippen molar-refractivity contribution < 1.29 is 9.59 Å². The number of nitrogens with zero attached hydrogens (tertiary/aromatic N) is 4. The number of aromatic nitrogens is 2. The summed E-state index contributed by atoms with van der Waals surface area (Å²) in [5.41, 5.74) is 0.563. The first-order valence-corrected chi connectivity index (χ1v) is 6.99. The topological polar surface area (TPSA) is 72.5 Å². The molecule has 1 aliphatic heterocycles. The summed E-state index contributed by atoms with van der Waals surface area (Å²) in [6.07, 6.45) is 3.12. The molecule has 7 nitrogen and oxygen atoms in total. The van der Waals surface area contributed by atoms with Crippen LogP contribution in [-0.2, 0) is 0 Å². The minimum atomic E-state index is -0.0336. The van der Waals surface area contributed by atoms with E-state index in [1.54, 1.807) is 16.0 Å². The fourth-order valence-electron chi connectivity index (χ4n) is 2.35. The maximum atomic E-state index is 12.2. The highest BCUT2D eigenvalue weighted by atomic mass is 16.2. The van der Waals surface area contributed by atoms with Gasteiger partial charge in [0, 0.05) is 45.5 Å². The lowest BCUT2D eigenvalue weighted by atomic mass is 10.2. The summed E-state index contributed by atoms with van der Waals surface area (Å²) >= 11 is 0. The van der Waals surface area contributed by atoms with Crippen molar-refractivity contribution in [2.24, 2.45) is 0 Å². The predicted molar refractivity (Wildman–Crippen MR) is 74.4 cm³/mol. The van der Waals surface area contributed by atoms with Crippen molar-refractivity contribution in [2.45, 2.75) is 13.8 Å². The maximum Gasteiger partial charge on any atom is 0.320 e. The van der Waals surface area contributed by atoms with Crippen molar-refractivity contribution in [3.8, 4) is 0 Å². The third-order valence-electron chi connectivity index (χ3n) is 3.62. The van der Waals surface area contributed by atoms with Crippen molar-refractivity contribution in [1.82, 2.24) is 24.9 Å². The second kappa shape index (κ2) is 6.40. The number of piperazine rings is 1. The van der Waals surface area contributed by atoms with Crippen LogP contribution in [0.1, 0.15) is 24.2 Å². The lowest BCUT2D eigenvalue weighted by Crippen LogP contribution is -2.54. The van der Waals surface area contributed by atoms with Crippen LogP contribution in [0.15, 0.2) is 12.4 Å². The minimum absolute atomic E-state index is 0.0336. The van der Waals surface area contributed by atoms with Crippen molar-refractivity contribution in [3.63, 3.8) is 0 Å². The van der Waals surface area contributed by atoms with Gasteiger partial charge >= 0.3 is 6.03 Å². The molecule has 1 saturated heterocycles. The summed E-state index contributed by atoms with van der Waals surface area (Å²) in [5.74, 6) is -0.0336. The van der Waals surface area contributed by atoms with E-state index in [-0.39, 0.29) is 11.9 Å². The van der Waals surface area contributed by atoms with Crippen molar-refractivity contribution >= 4 is 11.9 Å². The van der Waals surface area contributed by atoms with Gasteiger partial charge in [0.25, 0.3) is 5.91 Å². The SMILES string of the molecule is CCN(CC)C(=O)N1CCN(C(=O)c2cn[nH]c2)CC1. The molecule has 7 heteroatoms. The first kappa shape index (κ1) is 14.4.